The third-order valence-corrected chi connectivity index (χ3v) is 5.65. The van der Waals surface area contributed by atoms with Crippen molar-refractivity contribution in [2.75, 3.05) is 6.54 Å². The maximum atomic E-state index is 13.2. The summed E-state index contributed by atoms with van der Waals surface area (Å²) in [5, 5.41) is 11.9. The Bertz CT molecular complexity index is 740. The lowest BCUT2D eigenvalue weighted by Crippen LogP contribution is -2.28. The van der Waals surface area contributed by atoms with Gasteiger partial charge in [0.15, 0.2) is 0 Å². The molecule has 1 heterocycles. The number of aliphatic hydroxyl groups excluding tert-OH is 1. The molecule has 0 radical (unpaired) electrons. The smallest absolute Gasteiger partial charge is 0.240 e. The van der Waals surface area contributed by atoms with Crippen LogP contribution in [0, 0.1) is 19.7 Å². The summed E-state index contributed by atoms with van der Waals surface area (Å²) in [6.45, 7) is 3.23. The van der Waals surface area contributed by atoms with Crippen LogP contribution in [0.15, 0.2) is 34.5 Å². The van der Waals surface area contributed by atoms with Gasteiger partial charge in [-0.1, -0.05) is 0 Å². The van der Waals surface area contributed by atoms with Crippen LogP contribution in [0.4, 0.5) is 4.39 Å². The molecule has 4 nitrogen and oxygen atoms in total. The van der Waals surface area contributed by atoms with Crippen LogP contribution in [0.1, 0.15) is 22.1 Å². The molecular formula is C14H16FNO3S2. The second-order valence-corrected chi connectivity index (χ2v) is 7.46. The average molecular weight is 329 g/mol. The van der Waals surface area contributed by atoms with Crippen LogP contribution in [0.3, 0.4) is 0 Å². The summed E-state index contributed by atoms with van der Waals surface area (Å²) in [5.41, 5.74) is 1.18. The summed E-state index contributed by atoms with van der Waals surface area (Å²) in [6.07, 6.45) is -0.902. The summed E-state index contributed by atoms with van der Waals surface area (Å²) >= 11 is 1.37. The van der Waals surface area contributed by atoms with E-state index in [9.17, 15) is 17.9 Å². The van der Waals surface area contributed by atoms with Crippen molar-refractivity contribution >= 4 is 21.4 Å². The molecule has 2 aromatic rings. The van der Waals surface area contributed by atoms with E-state index in [1.165, 1.54) is 30.4 Å². The van der Waals surface area contributed by atoms with Crippen molar-refractivity contribution in [2.24, 2.45) is 0 Å². The molecule has 0 amide bonds. The number of thiophene rings is 1. The van der Waals surface area contributed by atoms with Crippen molar-refractivity contribution in [1.29, 1.82) is 0 Å². The summed E-state index contributed by atoms with van der Waals surface area (Å²) in [4.78, 5) is 0.712. The largest absolute Gasteiger partial charge is 0.386 e. The zero-order valence-electron chi connectivity index (χ0n) is 11.6. The van der Waals surface area contributed by atoms with Crippen molar-refractivity contribution in [3.63, 3.8) is 0 Å². The van der Waals surface area contributed by atoms with Gasteiger partial charge in [-0.15, -0.1) is 11.3 Å². The van der Waals surface area contributed by atoms with E-state index in [-0.39, 0.29) is 17.0 Å². The molecule has 2 N–H and O–H groups in total. The van der Waals surface area contributed by atoms with Gasteiger partial charge in [-0.3, -0.25) is 0 Å². The molecule has 0 saturated heterocycles. The molecule has 0 spiro atoms. The number of sulfonamides is 1. The average Bonchev–Trinajstić information content (AvgIpc) is 2.85. The number of hydrogen-bond acceptors (Lipinski definition) is 4. The predicted molar refractivity (Wildman–Crippen MR) is 80.3 cm³/mol. The lowest BCUT2D eigenvalue weighted by atomic mass is 10.2. The summed E-state index contributed by atoms with van der Waals surface area (Å²) in [6, 6.07) is 5.44. The molecule has 1 unspecified atom stereocenters. The Morgan fingerprint density at radius 2 is 2.00 bits per heavy atom. The molecule has 114 valence electrons. The van der Waals surface area contributed by atoms with Crippen LogP contribution < -0.4 is 4.72 Å². The molecule has 21 heavy (non-hydrogen) atoms. The van der Waals surface area contributed by atoms with Gasteiger partial charge in [0.2, 0.25) is 10.0 Å². The van der Waals surface area contributed by atoms with E-state index in [1.807, 2.05) is 18.4 Å². The maximum absolute atomic E-state index is 13.2. The van der Waals surface area contributed by atoms with Crippen LogP contribution in [-0.2, 0) is 10.0 Å². The van der Waals surface area contributed by atoms with E-state index in [2.05, 4.69) is 4.72 Å². The van der Waals surface area contributed by atoms with E-state index in [0.29, 0.717) is 0 Å². The van der Waals surface area contributed by atoms with Crippen molar-refractivity contribution in [3.05, 3.63) is 51.5 Å². The van der Waals surface area contributed by atoms with Gasteiger partial charge in [-0.05, 0) is 54.6 Å². The molecular weight excluding hydrogens is 313 g/mol. The molecule has 1 atom stereocenters. The minimum absolute atomic E-state index is 0.0171. The van der Waals surface area contributed by atoms with E-state index in [1.54, 1.807) is 0 Å². The Morgan fingerprint density at radius 1 is 1.29 bits per heavy atom. The van der Waals surface area contributed by atoms with Gasteiger partial charge in [0, 0.05) is 11.4 Å². The first kappa shape index (κ1) is 16.1. The fourth-order valence-corrected chi connectivity index (χ4v) is 3.91. The van der Waals surface area contributed by atoms with Crippen LogP contribution >= 0.6 is 11.3 Å². The third-order valence-electron chi connectivity index (χ3n) is 3.11. The van der Waals surface area contributed by atoms with Crippen LogP contribution in [0.2, 0.25) is 0 Å². The van der Waals surface area contributed by atoms with Gasteiger partial charge in [0.05, 0.1) is 4.90 Å². The van der Waals surface area contributed by atoms with E-state index in [4.69, 9.17) is 0 Å². The second-order valence-electron chi connectivity index (χ2n) is 4.75. The zero-order chi connectivity index (χ0) is 15.6. The standard InChI is InChI=1S/C14H16FNO3S2/c1-9-5-6-20-14(9)13(17)8-16-21(18,19)11-3-4-12(15)10(2)7-11/h3-7,13,16-17H,8H2,1-2H3. The topological polar surface area (TPSA) is 66.4 Å². The van der Waals surface area contributed by atoms with Gasteiger partial charge in [-0.2, -0.15) is 0 Å². The first-order valence-corrected chi connectivity index (χ1v) is 8.65. The number of rotatable bonds is 5. The molecule has 1 aromatic carbocycles. The Kier molecular flexibility index (Phi) is 4.77. The fourth-order valence-electron chi connectivity index (χ4n) is 1.87. The molecule has 2 rings (SSSR count). The Balaban J connectivity index is 2.11. The normalized spacial score (nSPS) is 13.3. The highest BCUT2D eigenvalue weighted by molar-refractivity contribution is 7.89. The van der Waals surface area contributed by atoms with Crippen molar-refractivity contribution < 1.29 is 17.9 Å². The molecule has 0 aliphatic carbocycles. The van der Waals surface area contributed by atoms with Crippen molar-refractivity contribution in [1.82, 2.24) is 4.72 Å². The summed E-state index contributed by atoms with van der Waals surface area (Å²) in [5.74, 6) is -0.455. The van der Waals surface area contributed by atoms with E-state index < -0.39 is 21.9 Å². The van der Waals surface area contributed by atoms with Gasteiger partial charge >= 0.3 is 0 Å². The Morgan fingerprint density at radius 3 is 2.57 bits per heavy atom. The molecule has 0 bridgehead atoms. The zero-order valence-corrected chi connectivity index (χ0v) is 13.3. The minimum atomic E-state index is -3.77. The van der Waals surface area contributed by atoms with Gasteiger partial charge in [0.1, 0.15) is 11.9 Å². The van der Waals surface area contributed by atoms with Gasteiger partial charge in [0.25, 0.3) is 0 Å². The van der Waals surface area contributed by atoms with Crippen molar-refractivity contribution in [3.8, 4) is 0 Å². The van der Waals surface area contributed by atoms with Crippen LogP contribution in [0.25, 0.3) is 0 Å². The van der Waals surface area contributed by atoms with E-state index in [0.717, 1.165) is 16.5 Å². The quantitative estimate of drug-likeness (QED) is 0.886. The predicted octanol–water partition coefficient (Wildman–Crippen LogP) is 2.52. The third kappa shape index (κ3) is 3.68. The molecule has 1 aromatic heterocycles. The molecule has 0 saturated carbocycles. The number of aryl methyl sites for hydroxylation is 2. The highest BCUT2D eigenvalue weighted by Gasteiger charge is 2.19. The fraction of sp³-hybridized carbons (Fsp3) is 0.286. The highest BCUT2D eigenvalue weighted by atomic mass is 32.2. The molecule has 7 heteroatoms. The minimum Gasteiger partial charge on any atom is -0.386 e. The highest BCUT2D eigenvalue weighted by Crippen LogP contribution is 2.23. The van der Waals surface area contributed by atoms with Crippen LogP contribution in [0.5, 0.6) is 0 Å². The van der Waals surface area contributed by atoms with Gasteiger partial charge in [-0.25, -0.2) is 17.5 Å². The Hall–Kier alpha value is -1.28. The van der Waals surface area contributed by atoms with E-state index >= 15 is 0 Å². The van der Waals surface area contributed by atoms with Crippen LogP contribution in [-0.4, -0.2) is 20.1 Å². The summed E-state index contributed by atoms with van der Waals surface area (Å²) < 4.78 is 39.7. The number of hydrogen-bond donors (Lipinski definition) is 2. The Labute approximate surface area is 127 Å². The maximum Gasteiger partial charge on any atom is 0.240 e. The number of nitrogens with one attached hydrogen (secondary N) is 1. The molecule has 0 fully saturated rings. The monoisotopic (exact) mass is 329 g/mol. The van der Waals surface area contributed by atoms with Crippen molar-refractivity contribution in [2.45, 2.75) is 24.8 Å². The first-order chi connectivity index (χ1) is 9.81. The summed E-state index contributed by atoms with van der Waals surface area (Å²) in [7, 11) is -3.77. The lowest BCUT2D eigenvalue weighted by molar-refractivity contribution is 0.185. The number of aliphatic hydroxyl groups is 1. The lowest BCUT2D eigenvalue weighted by Gasteiger charge is -2.12. The van der Waals surface area contributed by atoms with Gasteiger partial charge < -0.3 is 5.11 Å². The first-order valence-electron chi connectivity index (χ1n) is 6.29. The molecule has 0 aliphatic heterocycles. The number of benzene rings is 1. The molecule has 0 aliphatic rings. The second kappa shape index (κ2) is 6.23. The number of halogens is 1. The SMILES string of the molecule is Cc1cc(S(=O)(=O)NCC(O)c2sccc2C)ccc1F.